The van der Waals surface area contributed by atoms with Crippen LogP contribution in [0.3, 0.4) is 0 Å². The fourth-order valence-corrected chi connectivity index (χ4v) is 4.36. The summed E-state index contributed by atoms with van der Waals surface area (Å²) >= 11 is 6.06. The highest BCUT2D eigenvalue weighted by atomic mass is 35.5. The maximum atomic E-state index is 13.6. The number of aryl methyl sites for hydroxylation is 1. The Morgan fingerprint density at radius 3 is 2.57 bits per heavy atom. The van der Waals surface area contributed by atoms with E-state index in [0.717, 1.165) is 16.0 Å². The van der Waals surface area contributed by atoms with Gasteiger partial charge in [-0.3, -0.25) is 14.4 Å². The molecule has 0 atom stereocenters. The van der Waals surface area contributed by atoms with Crippen LogP contribution < -0.4 is 10.2 Å². The molecule has 8 nitrogen and oxygen atoms in total. The minimum Gasteiger partial charge on any atom is -0.322 e. The molecular weight excluding hydrogens is 473 g/mol. The monoisotopic (exact) mass is 489 g/mol. The standard InChI is InChI=1S/C25H17ClFN5O3/c26-23-20(2-1-11-28-23)25(35)29-17-7-3-15-4-10-19-22(21(15)12-17)32(18-8-5-16(27)6-9-18)30-24(19)31(13-33)14-34/h1-3,5-9,11-14H,4,10H2,(H,29,35). The summed E-state index contributed by atoms with van der Waals surface area (Å²) in [5, 5.41) is 7.45. The Balaban J connectivity index is 1.63. The topological polar surface area (TPSA) is 97.2 Å². The second-order valence-corrected chi connectivity index (χ2v) is 8.18. The number of nitrogens with zero attached hydrogens (tertiary/aromatic N) is 4. The van der Waals surface area contributed by atoms with E-state index in [-0.39, 0.29) is 16.5 Å². The highest BCUT2D eigenvalue weighted by Crippen LogP contribution is 2.40. The van der Waals surface area contributed by atoms with Crippen LogP contribution in [0.15, 0.2) is 60.8 Å². The number of pyridine rings is 1. The van der Waals surface area contributed by atoms with Gasteiger partial charge in [-0.05, 0) is 66.9 Å². The first-order valence-electron chi connectivity index (χ1n) is 10.6. The lowest BCUT2D eigenvalue weighted by Gasteiger charge is -2.20. The predicted octanol–water partition coefficient (Wildman–Crippen LogP) is 4.20. The van der Waals surface area contributed by atoms with Gasteiger partial charge in [0.2, 0.25) is 12.8 Å². The molecule has 0 saturated carbocycles. The Bertz CT molecular complexity index is 1460. The highest BCUT2D eigenvalue weighted by molar-refractivity contribution is 6.33. The largest absolute Gasteiger partial charge is 0.322 e. The highest BCUT2D eigenvalue weighted by Gasteiger charge is 2.29. The van der Waals surface area contributed by atoms with Crippen molar-refractivity contribution in [2.75, 3.05) is 10.2 Å². The van der Waals surface area contributed by atoms with E-state index in [2.05, 4.69) is 15.4 Å². The smallest absolute Gasteiger partial charge is 0.258 e. The summed E-state index contributed by atoms with van der Waals surface area (Å²) in [6, 6.07) is 14.4. The summed E-state index contributed by atoms with van der Waals surface area (Å²) in [7, 11) is 0. The summed E-state index contributed by atoms with van der Waals surface area (Å²) in [5.41, 5.74) is 4.40. The molecule has 2 aromatic carbocycles. The van der Waals surface area contributed by atoms with Gasteiger partial charge in [0.1, 0.15) is 11.0 Å². The number of aromatic nitrogens is 3. The molecule has 0 bridgehead atoms. The zero-order valence-corrected chi connectivity index (χ0v) is 18.9. The van der Waals surface area contributed by atoms with E-state index in [1.54, 1.807) is 41.1 Å². The van der Waals surface area contributed by atoms with Crippen LogP contribution >= 0.6 is 11.6 Å². The third-order valence-electron chi connectivity index (χ3n) is 5.78. The van der Waals surface area contributed by atoms with Gasteiger partial charge in [0.15, 0.2) is 5.82 Å². The molecular formula is C25H17ClFN5O3. The van der Waals surface area contributed by atoms with Gasteiger partial charge in [0.25, 0.3) is 5.91 Å². The van der Waals surface area contributed by atoms with Crippen LogP contribution in [0.25, 0.3) is 16.9 Å². The molecule has 35 heavy (non-hydrogen) atoms. The summed E-state index contributed by atoms with van der Waals surface area (Å²) < 4.78 is 15.2. The molecule has 2 heterocycles. The molecule has 0 fully saturated rings. The van der Waals surface area contributed by atoms with Gasteiger partial charge in [-0.2, -0.15) is 0 Å². The molecule has 4 aromatic rings. The van der Waals surface area contributed by atoms with Crippen LogP contribution in [-0.4, -0.2) is 33.5 Å². The van der Waals surface area contributed by atoms with Crippen molar-refractivity contribution in [2.24, 2.45) is 0 Å². The second kappa shape index (κ2) is 9.11. The third-order valence-corrected chi connectivity index (χ3v) is 6.08. The van der Waals surface area contributed by atoms with Crippen molar-refractivity contribution in [1.29, 1.82) is 0 Å². The van der Waals surface area contributed by atoms with Gasteiger partial charge in [0.05, 0.1) is 16.9 Å². The van der Waals surface area contributed by atoms with Gasteiger partial charge in [-0.25, -0.2) is 19.0 Å². The van der Waals surface area contributed by atoms with E-state index in [1.807, 2.05) is 6.07 Å². The van der Waals surface area contributed by atoms with Crippen molar-refractivity contribution in [3.05, 3.63) is 88.5 Å². The number of fused-ring (bicyclic) bond motifs is 3. The SMILES string of the molecule is O=CN(C=O)c1nn(-c2ccc(F)cc2)c2c1CCc1ccc(NC(=O)c3cccnc3Cl)cc1-2. The zero-order valence-electron chi connectivity index (χ0n) is 18.1. The summed E-state index contributed by atoms with van der Waals surface area (Å²) in [5.74, 6) is -0.617. The van der Waals surface area contributed by atoms with Crippen molar-refractivity contribution in [1.82, 2.24) is 14.8 Å². The molecule has 2 aromatic heterocycles. The number of hydrogen-bond acceptors (Lipinski definition) is 5. The molecule has 1 aliphatic rings. The maximum Gasteiger partial charge on any atom is 0.258 e. The normalized spacial score (nSPS) is 11.8. The Hall–Kier alpha value is -4.37. The molecule has 5 rings (SSSR count). The molecule has 0 radical (unpaired) electrons. The number of imide groups is 1. The van der Waals surface area contributed by atoms with Crippen LogP contribution in [0.5, 0.6) is 0 Å². The molecule has 1 N–H and O–H groups in total. The molecule has 3 amide bonds. The van der Waals surface area contributed by atoms with E-state index in [4.69, 9.17) is 11.6 Å². The minimum absolute atomic E-state index is 0.0899. The van der Waals surface area contributed by atoms with Crippen LogP contribution in [0.2, 0.25) is 5.15 Å². The van der Waals surface area contributed by atoms with E-state index in [1.165, 1.54) is 18.3 Å². The number of carbonyl (C=O) groups is 3. The summed E-state index contributed by atoms with van der Waals surface area (Å²) in [6.07, 6.45) is 3.46. The predicted molar refractivity (Wildman–Crippen MR) is 128 cm³/mol. The first-order valence-corrected chi connectivity index (χ1v) is 11.0. The molecule has 0 aliphatic heterocycles. The summed E-state index contributed by atoms with van der Waals surface area (Å²) in [6.45, 7) is 0. The van der Waals surface area contributed by atoms with Crippen molar-refractivity contribution < 1.29 is 18.8 Å². The van der Waals surface area contributed by atoms with E-state index in [9.17, 15) is 18.8 Å². The van der Waals surface area contributed by atoms with Crippen molar-refractivity contribution in [2.45, 2.75) is 12.8 Å². The number of halogens is 2. The maximum absolute atomic E-state index is 13.6. The van der Waals surface area contributed by atoms with Crippen LogP contribution in [0.1, 0.15) is 21.5 Å². The Kier molecular flexibility index (Phi) is 5.84. The number of rotatable bonds is 6. The lowest BCUT2D eigenvalue weighted by molar-refractivity contribution is -0.114. The second-order valence-electron chi connectivity index (χ2n) is 7.82. The number of benzene rings is 2. The van der Waals surface area contributed by atoms with Crippen LogP contribution in [0, 0.1) is 5.82 Å². The van der Waals surface area contributed by atoms with Gasteiger partial charge >= 0.3 is 0 Å². The van der Waals surface area contributed by atoms with Crippen molar-refractivity contribution in [3.8, 4) is 16.9 Å². The first kappa shape index (κ1) is 22.4. The zero-order chi connectivity index (χ0) is 24.5. The van der Waals surface area contributed by atoms with Crippen LogP contribution in [0.4, 0.5) is 15.9 Å². The number of amides is 3. The molecule has 10 heteroatoms. The number of anilines is 2. The average Bonchev–Trinajstić information content (AvgIpc) is 3.25. The van der Waals surface area contributed by atoms with Gasteiger partial charge < -0.3 is 5.32 Å². The Morgan fingerprint density at radius 1 is 1.09 bits per heavy atom. The van der Waals surface area contributed by atoms with E-state index in [0.29, 0.717) is 48.3 Å². The first-order chi connectivity index (χ1) is 17.0. The third kappa shape index (κ3) is 4.06. The fraction of sp³-hybridized carbons (Fsp3) is 0.0800. The quantitative estimate of drug-likeness (QED) is 0.323. The van der Waals surface area contributed by atoms with Crippen LogP contribution in [-0.2, 0) is 22.4 Å². The number of hydrogen-bond donors (Lipinski definition) is 1. The van der Waals surface area contributed by atoms with Gasteiger partial charge in [0, 0.05) is 23.0 Å². The average molecular weight is 490 g/mol. The molecule has 0 saturated heterocycles. The minimum atomic E-state index is -0.417. The molecule has 1 aliphatic carbocycles. The van der Waals surface area contributed by atoms with Gasteiger partial charge in [-0.15, -0.1) is 5.10 Å². The van der Waals surface area contributed by atoms with E-state index < -0.39 is 11.7 Å². The molecule has 0 spiro atoms. The lowest BCUT2D eigenvalue weighted by Crippen LogP contribution is -2.20. The van der Waals surface area contributed by atoms with Gasteiger partial charge in [-0.1, -0.05) is 17.7 Å². The fourth-order valence-electron chi connectivity index (χ4n) is 4.15. The molecule has 0 unspecified atom stereocenters. The van der Waals surface area contributed by atoms with E-state index >= 15 is 0 Å². The molecule has 174 valence electrons. The van der Waals surface area contributed by atoms with Crippen molar-refractivity contribution in [3.63, 3.8) is 0 Å². The Morgan fingerprint density at radius 2 is 1.86 bits per heavy atom. The number of carbonyl (C=O) groups excluding carboxylic acids is 3. The number of nitrogens with one attached hydrogen (secondary N) is 1. The lowest BCUT2D eigenvalue weighted by atomic mass is 9.89. The van der Waals surface area contributed by atoms with Crippen molar-refractivity contribution >= 4 is 41.8 Å². The Labute approximate surface area is 204 Å². The summed E-state index contributed by atoms with van der Waals surface area (Å²) in [4.78, 5) is 40.6.